The van der Waals surface area contributed by atoms with Crippen molar-refractivity contribution in [2.45, 2.75) is 6.92 Å². The standard InChI is InChI=1S/C11H18N2O2/c1-3-14-10-4-6-11(7-5-10)15-9-8-13(2)12/h4-7H,3,8-9,12H2,1-2H3. The topological polar surface area (TPSA) is 47.7 Å². The van der Waals surface area contributed by atoms with E-state index in [1.165, 1.54) is 0 Å². The average molecular weight is 210 g/mol. The van der Waals surface area contributed by atoms with Crippen LogP contribution in [-0.2, 0) is 0 Å². The Morgan fingerprint density at radius 1 is 1.13 bits per heavy atom. The molecule has 0 aliphatic heterocycles. The average Bonchev–Trinajstić information content (AvgIpc) is 2.20. The fourth-order valence-electron chi connectivity index (χ4n) is 1.11. The van der Waals surface area contributed by atoms with Crippen LogP contribution in [0.15, 0.2) is 24.3 Å². The zero-order chi connectivity index (χ0) is 11.1. The van der Waals surface area contributed by atoms with Crippen LogP contribution in [0.4, 0.5) is 0 Å². The number of nitrogens with two attached hydrogens (primary N) is 1. The highest BCUT2D eigenvalue weighted by molar-refractivity contribution is 5.31. The van der Waals surface area contributed by atoms with Crippen molar-refractivity contribution >= 4 is 0 Å². The Morgan fingerprint density at radius 2 is 1.67 bits per heavy atom. The van der Waals surface area contributed by atoms with Crippen molar-refractivity contribution in [3.63, 3.8) is 0 Å². The van der Waals surface area contributed by atoms with Gasteiger partial charge in [-0.15, -0.1) is 0 Å². The number of rotatable bonds is 6. The lowest BCUT2D eigenvalue weighted by Crippen LogP contribution is -2.30. The van der Waals surface area contributed by atoms with Crippen LogP contribution in [0.1, 0.15) is 6.92 Å². The molecule has 0 aliphatic rings. The van der Waals surface area contributed by atoms with E-state index in [1.54, 1.807) is 5.01 Å². The maximum absolute atomic E-state index is 5.47. The van der Waals surface area contributed by atoms with E-state index in [9.17, 15) is 0 Å². The third kappa shape index (κ3) is 4.67. The van der Waals surface area contributed by atoms with Crippen LogP contribution in [0.2, 0.25) is 0 Å². The Labute approximate surface area is 90.6 Å². The van der Waals surface area contributed by atoms with Crippen molar-refractivity contribution < 1.29 is 9.47 Å². The van der Waals surface area contributed by atoms with E-state index in [4.69, 9.17) is 15.3 Å². The zero-order valence-electron chi connectivity index (χ0n) is 9.27. The quantitative estimate of drug-likeness (QED) is 0.567. The van der Waals surface area contributed by atoms with Gasteiger partial charge >= 0.3 is 0 Å². The van der Waals surface area contributed by atoms with Gasteiger partial charge in [-0.3, -0.25) is 5.84 Å². The summed E-state index contributed by atoms with van der Waals surface area (Å²) in [5.41, 5.74) is 0. The predicted molar refractivity (Wildman–Crippen MR) is 59.9 cm³/mol. The molecule has 0 unspecified atom stereocenters. The van der Waals surface area contributed by atoms with Gasteiger partial charge in [0.2, 0.25) is 0 Å². The van der Waals surface area contributed by atoms with Gasteiger partial charge in [0.1, 0.15) is 18.1 Å². The second-order valence-corrected chi connectivity index (χ2v) is 3.23. The molecule has 1 aromatic rings. The van der Waals surface area contributed by atoms with Crippen molar-refractivity contribution in [1.82, 2.24) is 5.01 Å². The predicted octanol–water partition coefficient (Wildman–Crippen LogP) is 1.27. The number of likely N-dealkylation sites (N-methyl/N-ethyl adjacent to an activating group) is 1. The van der Waals surface area contributed by atoms with Gasteiger partial charge in [-0.05, 0) is 31.2 Å². The van der Waals surface area contributed by atoms with Crippen molar-refractivity contribution in [2.75, 3.05) is 26.8 Å². The molecule has 4 nitrogen and oxygen atoms in total. The van der Waals surface area contributed by atoms with Gasteiger partial charge in [-0.2, -0.15) is 0 Å². The highest BCUT2D eigenvalue weighted by atomic mass is 16.5. The van der Waals surface area contributed by atoms with Crippen LogP contribution in [-0.4, -0.2) is 31.8 Å². The van der Waals surface area contributed by atoms with Crippen LogP contribution >= 0.6 is 0 Å². The molecule has 4 heteroatoms. The summed E-state index contributed by atoms with van der Waals surface area (Å²) in [5, 5.41) is 1.59. The van der Waals surface area contributed by atoms with Crippen molar-refractivity contribution in [3.8, 4) is 11.5 Å². The molecule has 0 atom stereocenters. The molecule has 0 spiro atoms. The largest absolute Gasteiger partial charge is 0.494 e. The zero-order valence-corrected chi connectivity index (χ0v) is 9.27. The Kier molecular flexibility index (Phi) is 4.93. The third-order valence-electron chi connectivity index (χ3n) is 1.85. The van der Waals surface area contributed by atoms with Gasteiger partial charge in [0, 0.05) is 13.6 Å². The molecule has 0 radical (unpaired) electrons. The number of hydrogen-bond donors (Lipinski definition) is 1. The van der Waals surface area contributed by atoms with E-state index in [-0.39, 0.29) is 0 Å². The third-order valence-corrected chi connectivity index (χ3v) is 1.85. The summed E-state index contributed by atoms with van der Waals surface area (Å²) in [7, 11) is 1.81. The molecule has 0 saturated heterocycles. The van der Waals surface area contributed by atoms with Crippen LogP contribution in [0.5, 0.6) is 11.5 Å². The van der Waals surface area contributed by atoms with E-state index < -0.39 is 0 Å². The van der Waals surface area contributed by atoms with Gasteiger partial charge in [-0.1, -0.05) is 0 Å². The minimum Gasteiger partial charge on any atom is -0.494 e. The van der Waals surface area contributed by atoms with Gasteiger partial charge in [0.25, 0.3) is 0 Å². The molecule has 0 aromatic heterocycles. The second kappa shape index (κ2) is 6.27. The normalized spacial score (nSPS) is 10.4. The number of hydrogen-bond acceptors (Lipinski definition) is 4. The summed E-state index contributed by atoms with van der Waals surface area (Å²) in [5.74, 6) is 7.15. The first-order chi connectivity index (χ1) is 7.22. The first kappa shape index (κ1) is 11.8. The fraction of sp³-hybridized carbons (Fsp3) is 0.455. The molecular formula is C11H18N2O2. The first-order valence-corrected chi connectivity index (χ1v) is 5.04. The number of benzene rings is 1. The van der Waals surface area contributed by atoms with E-state index in [0.29, 0.717) is 19.8 Å². The molecule has 2 N–H and O–H groups in total. The molecule has 84 valence electrons. The number of ether oxygens (including phenoxy) is 2. The lowest BCUT2D eigenvalue weighted by atomic mass is 10.3. The number of hydrazine groups is 1. The maximum atomic E-state index is 5.47. The van der Waals surface area contributed by atoms with Gasteiger partial charge in [-0.25, -0.2) is 5.01 Å². The SMILES string of the molecule is CCOc1ccc(OCCN(C)N)cc1. The van der Waals surface area contributed by atoms with Crippen LogP contribution < -0.4 is 15.3 Å². The Hall–Kier alpha value is -1.26. The van der Waals surface area contributed by atoms with Crippen molar-refractivity contribution in [2.24, 2.45) is 5.84 Å². The molecular weight excluding hydrogens is 192 g/mol. The van der Waals surface area contributed by atoms with E-state index in [2.05, 4.69) is 0 Å². The molecule has 0 heterocycles. The Morgan fingerprint density at radius 3 is 2.13 bits per heavy atom. The van der Waals surface area contributed by atoms with Crippen LogP contribution in [0.25, 0.3) is 0 Å². The van der Waals surface area contributed by atoms with E-state index >= 15 is 0 Å². The smallest absolute Gasteiger partial charge is 0.119 e. The highest BCUT2D eigenvalue weighted by Gasteiger charge is 1.96. The minimum absolute atomic E-state index is 0.584. The van der Waals surface area contributed by atoms with Crippen LogP contribution in [0.3, 0.4) is 0 Å². The Bertz CT molecular complexity index is 272. The lowest BCUT2D eigenvalue weighted by Gasteiger charge is -2.11. The minimum atomic E-state index is 0.584. The second-order valence-electron chi connectivity index (χ2n) is 3.23. The number of nitrogens with zero attached hydrogens (tertiary/aromatic N) is 1. The summed E-state index contributed by atoms with van der Waals surface area (Å²) in [6.45, 7) is 3.92. The lowest BCUT2D eigenvalue weighted by molar-refractivity contribution is 0.241. The first-order valence-electron chi connectivity index (χ1n) is 5.04. The summed E-state index contributed by atoms with van der Waals surface area (Å²) < 4.78 is 10.8. The molecule has 15 heavy (non-hydrogen) atoms. The summed E-state index contributed by atoms with van der Waals surface area (Å²) >= 11 is 0. The molecule has 0 amide bonds. The summed E-state index contributed by atoms with van der Waals surface area (Å²) in [6.07, 6.45) is 0. The molecule has 1 aromatic carbocycles. The molecule has 0 bridgehead atoms. The molecule has 0 saturated carbocycles. The Balaban J connectivity index is 2.36. The summed E-state index contributed by atoms with van der Waals surface area (Å²) in [4.78, 5) is 0. The van der Waals surface area contributed by atoms with Crippen molar-refractivity contribution in [3.05, 3.63) is 24.3 Å². The molecule has 0 aliphatic carbocycles. The van der Waals surface area contributed by atoms with Crippen LogP contribution in [0, 0.1) is 0 Å². The molecule has 1 rings (SSSR count). The highest BCUT2D eigenvalue weighted by Crippen LogP contribution is 2.17. The van der Waals surface area contributed by atoms with Crippen molar-refractivity contribution in [1.29, 1.82) is 0 Å². The van der Waals surface area contributed by atoms with Gasteiger partial charge in [0.15, 0.2) is 0 Å². The monoisotopic (exact) mass is 210 g/mol. The maximum Gasteiger partial charge on any atom is 0.119 e. The van der Waals surface area contributed by atoms with E-state index in [0.717, 1.165) is 11.5 Å². The summed E-state index contributed by atoms with van der Waals surface area (Å²) in [6, 6.07) is 7.57. The van der Waals surface area contributed by atoms with Gasteiger partial charge < -0.3 is 9.47 Å². The van der Waals surface area contributed by atoms with E-state index in [1.807, 2.05) is 38.2 Å². The molecule has 0 fully saturated rings. The fourth-order valence-corrected chi connectivity index (χ4v) is 1.11. The van der Waals surface area contributed by atoms with Gasteiger partial charge in [0.05, 0.1) is 6.61 Å².